The van der Waals surface area contributed by atoms with Crippen LogP contribution in [0.25, 0.3) is 0 Å². The number of hydrogen-bond acceptors (Lipinski definition) is 4. The summed E-state index contributed by atoms with van der Waals surface area (Å²) in [7, 11) is 6.66. The van der Waals surface area contributed by atoms with Crippen molar-refractivity contribution in [3.8, 4) is 0 Å². The second-order valence-electron chi connectivity index (χ2n) is 4.48. The van der Waals surface area contributed by atoms with E-state index in [2.05, 4.69) is 0 Å². The minimum Gasteiger partial charge on any atom is -0.467 e. The maximum atomic E-state index is 12.0. The van der Waals surface area contributed by atoms with Crippen LogP contribution in [-0.2, 0) is 14.3 Å². The number of hydrogen-bond donors (Lipinski definition) is 0. The average molecular weight is 305 g/mol. The van der Waals surface area contributed by atoms with Gasteiger partial charge in [0.05, 0.1) is 17.7 Å². The number of amides is 1. The van der Waals surface area contributed by atoms with Gasteiger partial charge in [-0.15, -0.1) is 11.8 Å². The molecule has 1 aromatic rings. The van der Waals surface area contributed by atoms with Gasteiger partial charge in [-0.25, -0.2) is 4.79 Å². The second-order valence-corrected chi connectivity index (χ2v) is 5.88. The molecular formula is C15H20BNO3S. The maximum absolute atomic E-state index is 12.0. The van der Waals surface area contributed by atoms with Crippen molar-refractivity contribution in [3.63, 3.8) is 0 Å². The summed E-state index contributed by atoms with van der Waals surface area (Å²) in [5, 5.41) is 0. The van der Waals surface area contributed by atoms with Crippen LogP contribution < -0.4 is 0 Å². The molecule has 1 aliphatic rings. The summed E-state index contributed by atoms with van der Waals surface area (Å²) in [6.07, 6.45) is 0. The molecule has 4 nitrogen and oxygen atoms in total. The fraction of sp³-hybridized carbons (Fsp3) is 0.467. The molecule has 1 heterocycles. The number of nitrogens with zero attached hydrogens (tertiary/aromatic N) is 1. The molecule has 112 valence electrons. The predicted octanol–water partition coefficient (Wildman–Crippen LogP) is 2.76. The first-order valence-corrected chi connectivity index (χ1v) is 7.82. The molecule has 0 saturated carbocycles. The van der Waals surface area contributed by atoms with Crippen LogP contribution in [-0.4, -0.2) is 43.6 Å². The third-order valence-electron chi connectivity index (χ3n) is 3.39. The zero-order valence-electron chi connectivity index (χ0n) is 12.8. The lowest BCUT2D eigenvalue weighted by Gasteiger charge is -2.32. The molecule has 2 radical (unpaired) electrons. The predicted molar refractivity (Wildman–Crippen MR) is 86.4 cm³/mol. The van der Waals surface area contributed by atoms with E-state index in [0.29, 0.717) is 5.88 Å². The van der Waals surface area contributed by atoms with Crippen LogP contribution in [0.3, 0.4) is 0 Å². The third kappa shape index (κ3) is 3.43. The molecule has 1 fully saturated rings. The summed E-state index contributed by atoms with van der Waals surface area (Å²) in [5.74, 6) is -0.682. The van der Waals surface area contributed by atoms with Crippen molar-refractivity contribution in [2.75, 3.05) is 13.0 Å². The number of esters is 1. The Bertz CT molecular complexity index is 497. The van der Waals surface area contributed by atoms with E-state index in [4.69, 9.17) is 12.6 Å². The standard InChI is InChI=1S/C13H14BNO3S.C2H6/c1-13(9-6-4-3-5-7-9)10(11(16)18-2)15(8-19-13)12(14)17;1-2/h3-7,10H,8H2,1-2H3;1-2H3. The van der Waals surface area contributed by atoms with Gasteiger partial charge >= 0.3 is 5.97 Å². The van der Waals surface area contributed by atoms with Crippen molar-refractivity contribution in [1.82, 2.24) is 4.90 Å². The van der Waals surface area contributed by atoms with Crippen LogP contribution in [0.15, 0.2) is 30.3 Å². The number of ether oxygens (including phenoxy) is 1. The van der Waals surface area contributed by atoms with Gasteiger partial charge in [0.25, 0.3) is 0 Å². The van der Waals surface area contributed by atoms with Gasteiger partial charge in [-0.3, -0.25) is 4.79 Å². The Morgan fingerprint density at radius 1 is 1.33 bits per heavy atom. The molecule has 0 aliphatic carbocycles. The number of carbonyl (C=O) groups excluding carboxylic acids is 2. The van der Waals surface area contributed by atoms with E-state index in [0.717, 1.165) is 5.56 Å². The van der Waals surface area contributed by atoms with Crippen LogP contribution in [0.5, 0.6) is 0 Å². The molecule has 0 bridgehead atoms. The van der Waals surface area contributed by atoms with Gasteiger partial charge in [-0.05, 0) is 12.5 Å². The summed E-state index contributed by atoms with van der Waals surface area (Å²) >= 11 is 1.51. The van der Waals surface area contributed by atoms with Crippen molar-refractivity contribution in [2.24, 2.45) is 0 Å². The summed E-state index contributed by atoms with van der Waals surface area (Å²) < 4.78 is 4.28. The van der Waals surface area contributed by atoms with Crippen molar-refractivity contribution in [2.45, 2.75) is 31.6 Å². The molecule has 2 rings (SSSR count). The van der Waals surface area contributed by atoms with Crippen LogP contribution in [0.1, 0.15) is 26.3 Å². The van der Waals surface area contributed by atoms with E-state index in [1.165, 1.54) is 23.8 Å². The summed E-state index contributed by atoms with van der Waals surface area (Å²) in [4.78, 5) is 24.9. The van der Waals surface area contributed by atoms with Crippen molar-refractivity contribution in [1.29, 1.82) is 0 Å². The number of methoxy groups -OCH3 is 1. The van der Waals surface area contributed by atoms with Gasteiger partial charge in [0, 0.05) is 0 Å². The van der Waals surface area contributed by atoms with Gasteiger partial charge in [-0.2, -0.15) is 0 Å². The topological polar surface area (TPSA) is 46.6 Å². The molecule has 0 N–H and O–H groups in total. The molecule has 2 atom stereocenters. The van der Waals surface area contributed by atoms with Crippen molar-refractivity contribution in [3.05, 3.63) is 35.9 Å². The van der Waals surface area contributed by atoms with E-state index in [1.807, 2.05) is 51.1 Å². The smallest absolute Gasteiger partial charge is 0.330 e. The number of carbonyl (C=O) groups is 2. The second kappa shape index (κ2) is 7.55. The lowest BCUT2D eigenvalue weighted by atomic mass is 9.90. The Morgan fingerprint density at radius 3 is 2.38 bits per heavy atom. The van der Waals surface area contributed by atoms with Crippen molar-refractivity contribution >= 4 is 31.4 Å². The van der Waals surface area contributed by atoms with E-state index < -0.39 is 22.6 Å². The Hall–Kier alpha value is -1.43. The van der Waals surface area contributed by atoms with Gasteiger partial charge < -0.3 is 9.64 Å². The number of benzene rings is 1. The van der Waals surface area contributed by atoms with Crippen molar-refractivity contribution < 1.29 is 14.3 Å². The van der Waals surface area contributed by atoms with E-state index >= 15 is 0 Å². The molecule has 1 aromatic carbocycles. The van der Waals surface area contributed by atoms with Gasteiger partial charge in [0.15, 0.2) is 5.81 Å². The minimum atomic E-state index is -0.706. The average Bonchev–Trinajstić information content (AvgIpc) is 2.88. The SMILES string of the molecule is CC.[B]C(=O)N1CSC(C)(c2ccccc2)C1C(=O)OC. The highest BCUT2D eigenvalue weighted by atomic mass is 32.2. The molecule has 1 aliphatic heterocycles. The highest BCUT2D eigenvalue weighted by Crippen LogP contribution is 2.47. The van der Waals surface area contributed by atoms with Gasteiger partial charge in [-0.1, -0.05) is 44.2 Å². The summed E-state index contributed by atoms with van der Waals surface area (Å²) in [5.41, 5.74) is 0.971. The molecule has 0 spiro atoms. The Balaban J connectivity index is 0.00000106. The third-order valence-corrected chi connectivity index (χ3v) is 4.86. The van der Waals surface area contributed by atoms with Gasteiger partial charge in [0.1, 0.15) is 6.04 Å². The van der Waals surface area contributed by atoms with Crippen LogP contribution in [0.4, 0.5) is 4.79 Å². The first kappa shape index (κ1) is 17.6. The fourth-order valence-electron chi connectivity index (χ4n) is 2.32. The molecule has 21 heavy (non-hydrogen) atoms. The minimum absolute atomic E-state index is 0.375. The van der Waals surface area contributed by atoms with E-state index in [9.17, 15) is 9.59 Å². The molecule has 1 amide bonds. The Labute approximate surface area is 131 Å². The quantitative estimate of drug-likeness (QED) is 0.622. The highest BCUT2D eigenvalue weighted by Gasteiger charge is 2.51. The highest BCUT2D eigenvalue weighted by molar-refractivity contribution is 8.00. The Morgan fingerprint density at radius 2 is 1.90 bits per heavy atom. The normalized spacial score (nSPS) is 24.0. The first-order valence-electron chi connectivity index (χ1n) is 6.84. The fourth-order valence-corrected chi connectivity index (χ4v) is 3.69. The largest absolute Gasteiger partial charge is 0.467 e. The summed E-state index contributed by atoms with van der Waals surface area (Å²) in [6.45, 7) is 5.93. The van der Waals surface area contributed by atoms with Crippen LogP contribution in [0, 0.1) is 0 Å². The van der Waals surface area contributed by atoms with E-state index in [-0.39, 0.29) is 0 Å². The molecule has 1 saturated heterocycles. The van der Waals surface area contributed by atoms with Gasteiger partial charge in [0.2, 0.25) is 7.85 Å². The van der Waals surface area contributed by atoms with E-state index in [1.54, 1.807) is 0 Å². The molecule has 2 unspecified atom stereocenters. The molecule has 6 heteroatoms. The van der Waals surface area contributed by atoms with Crippen LogP contribution in [0.2, 0.25) is 0 Å². The number of rotatable bonds is 2. The lowest BCUT2D eigenvalue weighted by molar-refractivity contribution is -0.146. The zero-order chi connectivity index (χ0) is 16.0. The number of thioether (sulfide) groups is 1. The monoisotopic (exact) mass is 305 g/mol. The molecular weight excluding hydrogens is 285 g/mol. The summed E-state index contributed by atoms with van der Waals surface area (Å²) in [6, 6.07) is 8.89. The zero-order valence-corrected chi connectivity index (χ0v) is 13.6. The molecule has 0 aromatic heterocycles. The first-order chi connectivity index (χ1) is 10.0. The maximum Gasteiger partial charge on any atom is 0.330 e. The van der Waals surface area contributed by atoms with Crippen LogP contribution >= 0.6 is 11.8 Å². The Kier molecular flexibility index (Phi) is 6.33. The lowest BCUT2D eigenvalue weighted by Crippen LogP contribution is -2.48.